The SMILES string of the molecule is CN1CN(c2c(Cl)cccc2Cl)C(=O)c2cnc(Nc3ccc(N4CCOCC4)c(CO)c3)nc21. The van der Waals surface area contributed by atoms with Gasteiger partial charge in [0.2, 0.25) is 5.95 Å². The number of aromatic nitrogens is 2. The maximum Gasteiger partial charge on any atom is 0.265 e. The predicted octanol–water partition coefficient (Wildman–Crippen LogP) is 3.91. The lowest BCUT2D eigenvalue weighted by atomic mass is 10.1. The first-order valence-electron chi connectivity index (χ1n) is 11.1. The molecule has 35 heavy (non-hydrogen) atoms. The fourth-order valence-corrected chi connectivity index (χ4v) is 4.92. The largest absolute Gasteiger partial charge is 0.392 e. The van der Waals surface area contributed by atoms with Crippen LogP contribution in [0, 0.1) is 0 Å². The number of amides is 1. The number of rotatable bonds is 5. The van der Waals surface area contributed by atoms with Crippen LogP contribution in [-0.2, 0) is 11.3 Å². The molecule has 182 valence electrons. The molecular formula is C24H24Cl2N6O3. The van der Waals surface area contributed by atoms with Gasteiger partial charge in [-0.05, 0) is 30.3 Å². The van der Waals surface area contributed by atoms with Crippen LogP contribution < -0.4 is 20.0 Å². The minimum Gasteiger partial charge on any atom is -0.392 e. The van der Waals surface area contributed by atoms with E-state index in [-0.39, 0.29) is 19.2 Å². The van der Waals surface area contributed by atoms with Crippen LogP contribution >= 0.6 is 23.2 Å². The normalized spacial score (nSPS) is 15.9. The molecule has 1 aromatic heterocycles. The quantitative estimate of drug-likeness (QED) is 0.529. The molecule has 3 aromatic rings. The molecule has 9 nitrogen and oxygen atoms in total. The molecule has 2 aliphatic heterocycles. The van der Waals surface area contributed by atoms with E-state index in [4.69, 9.17) is 27.9 Å². The van der Waals surface area contributed by atoms with Crippen molar-refractivity contribution in [3.63, 3.8) is 0 Å². The second kappa shape index (κ2) is 9.87. The van der Waals surface area contributed by atoms with Crippen molar-refractivity contribution >= 4 is 57.9 Å². The summed E-state index contributed by atoms with van der Waals surface area (Å²) < 4.78 is 5.43. The summed E-state index contributed by atoms with van der Waals surface area (Å²) >= 11 is 12.7. The number of nitrogens with one attached hydrogen (secondary N) is 1. The lowest BCUT2D eigenvalue weighted by Crippen LogP contribution is -2.46. The van der Waals surface area contributed by atoms with Gasteiger partial charge in [-0.2, -0.15) is 4.98 Å². The molecule has 11 heteroatoms. The maximum absolute atomic E-state index is 13.2. The second-order valence-corrected chi connectivity index (χ2v) is 9.11. The van der Waals surface area contributed by atoms with Crippen molar-refractivity contribution in [2.45, 2.75) is 6.61 Å². The number of carbonyl (C=O) groups excluding carboxylic acids is 1. The molecule has 0 radical (unpaired) electrons. The Bertz CT molecular complexity index is 1250. The maximum atomic E-state index is 13.2. The molecule has 2 aromatic carbocycles. The van der Waals surface area contributed by atoms with Crippen molar-refractivity contribution in [1.29, 1.82) is 0 Å². The molecule has 3 heterocycles. The van der Waals surface area contributed by atoms with E-state index in [2.05, 4.69) is 20.2 Å². The third kappa shape index (κ3) is 4.60. The van der Waals surface area contributed by atoms with Crippen LogP contribution in [-0.4, -0.2) is 61.0 Å². The molecule has 0 aliphatic carbocycles. The van der Waals surface area contributed by atoms with Crippen molar-refractivity contribution in [1.82, 2.24) is 9.97 Å². The van der Waals surface area contributed by atoms with Gasteiger partial charge in [0, 0.05) is 43.3 Å². The minimum absolute atomic E-state index is 0.0923. The fraction of sp³-hybridized carbons (Fsp3) is 0.292. The highest BCUT2D eigenvalue weighted by Gasteiger charge is 2.32. The molecule has 0 unspecified atom stereocenters. The van der Waals surface area contributed by atoms with Gasteiger partial charge in [-0.3, -0.25) is 9.69 Å². The molecule has 2 N–H and O–H groups in total. The molecule has 1 amide bonds. The molecule has 5 rings (SSSR count). The van der Waals surface area contributed by atoms with Crippen LogP contribution in [0.1, 0.15) is 15.9 Å². The molecule has 0 spiro atoms. The van der Waals surface area contributed by atoms with Crippen molar-refractivity contribution in [3.05, 3.63) is 63.8 Å². The van der Waals surface area contributed by atoms with Crippen molar-refractivity contribution < 1.29 is 14.6 Å². The van der Waals surface area contributed by atoms with Gasteiger partial charge in [0.15, 0.2) is 0 Å². The van der Waals surface area contributed by atoms with Crippen LogP contribution in [0.4, 0.5) is 28.8 Å². The zero-order valence-corrected chi connectivity index (χ0v) is 20.6. The smallest absolute Gasteiger partial charge is 0.265 e. The van der Waals surface area contributed by atoms with Gasteiger partial charge in [0.05, 0.1) is 42.2 Å². The number of morpholine rings is 1. The molecule has 1 saturated heterocycles. The van der Waals surface area contributed by atoms with Gasteiger partial charge >= 0.3 is 0 Å². The molecule has 2 aliphatic rings. The zero-order valence-electron chi connectivity index (χ0n) is 19.0. The van der Waals surface area contributed by atoms with Gasteiger partial charge in [-0.1, -0.05) is 29.3 Å². The van der Waals surface area contributed by atoms with Gasteiger partial charge in [-0.25, -0.2) is 4.98 Å². The Kier molecular flexibility index (Phi) is 6.66. The summed E-state index contributed by atoms with van der Waals surface area (Å²) in [5, 5.41) is 13.9. The van der Waals surface area contributed by atoms with Gasteiger partial charge in [0.25, 0.3) is 5.91 Å². The molecule has 0 atom stereocenters. The van der Waals surface area contributed by atoms with E-state index in [0.717, 1.165) is 30.0 Å². The summed E-state index contributed by atoms with van der Waals surface area (Å²) in [5.41, 5.74) is 3.32. The number of para-hydroxylation sites is 1. The lowest BCUT2D eigenvalue weighted by molar-refractivity contribution is 0.0982. The first-order valence-corrected chi connectivity index (χ1v) is 11.9. The van der Waals surface area contributed by atoms with Gasteiger partial charge in [0.1, 0.15) is 11.4 Å². The highest BCUT2D eigenvalue weighted by atomic mass is 35.5. The topological polar surface area (TPSA) is 94.1 Å². The highest BCUT2D eigenvalue weighted by Crippen LogP contribution is 2.37. The Morgan fingerprint density at radius 1 is 1.14 bits per heavy atom. The Morgan fingerprint density at radius 3 is 2.60 bits per heavy atom. The Hall–Kier alpha value is -3.11. The van der Waals surface area contributed by atoms with Crippen LogP contribution in [0.5, 0.6) is 0 Å². The molecule has 0 bridgehead atoms. The zero-order chi connectivity index (χ0) is 24.5. The Balaban J connectivity index is 1.40. The Morgan fingerprint density at radius 2 is 1.89 bits per heavy atom. The number of hydrogen-bond acceptors (Lipinski definition) is 8. The summed E-state index contributed by atoms with van der Waals surface area (Å²) in [5.74, 6) is 0.562. The van der Waals surface area contributed by atoms with Crippen molar-refractivity contribution in [2.75, 3.05) is 60.0 Å². The van der Waals surface area contributed by atoms with E-state index in [1.54, 1.807) is 18.2 Å². The number of aliphatic hydroxyl groups excluding tert-OH is 1. The van der Waals surface area contributed by atoms with Gasteiger partial charge in [-0.15, -0.1) is 0 Å². The van der Waals surface area contributed by atoms with Crippen LogP contribution in [0.3, 0.4) is 0 Å². The monoisotopic (exact) mass is 514 g/mol. The van der Waals surface area contributed by atoms with Crippen LogP contribution in [0.15, 0.2) is 42.6 Å². The average molecular weight is 515 g/mol. The number of anilines is 5. The number of carbonyl (C=O) groups is 1. The number of nitrogens with zero attached hydrogens (tertiary/aromatic N) is 5. The third-order valence-corrected chi connectivity index (χ3v) is 6.63. The number of fused-ring (bicyclic) bond motifs is 1. The van der Waals surface area contributed by atoms with Crippen molar-refractivity contribution in [3.8, 4) is 0 Å². The molecular weight excluding hydrogens is 491 g/mol. The molecule has 0 saturated carbocycles. The fourth-order valence-electron chi connectivity index (χ4n) is 4.31. The first-order chi connectivity index (χ1) is 17.0. The number of ether oxygens (including phenoxy) is 1. The van der Waals surface area contributed by atoms with Crippen LogP contribution in [0.25, 0.3) is 0 Å². The van der Waals surface area contributed by atoms with Crippen LogP contribution in [0.2, 0.25) is 10.0 Å². The third-order valence-electron chi connectivity index (χ3n) is 6.02. The number of benzene rings is 2. The number of hydrogen-bond donors (Lipinski definition) is 2. The average Bonchev–Trinajstić information content (AvgIpc) is 2.87. The summed E-state index contributed by atoms with van der Waals surface area (Å²) in [4.78, 5) is 27.7. The molecule has 1 fully saturated rings. The minimum atomic E-state index is -0.280. The Labute approximate surface area is 212 Å². The summed E-state index contributed by atoms with van der Waals surface area (Å²) in [6.07, 6.45) is 1.50. The van der Waals surface area contributed by atoms with E-state index < -0.39 is 0 Å². The van der Waals surface area contributed by atoms with E-state index in [1.165, 1.54) is 11.1 Å². The van der Waals surface area contributed by atoms with E-state index in [1.807, 2.05) is 30.1 Å². The first kappa shape index (κ1) is 23.6. The number of aliphatic hydroxyl groups is 1. The van der Waals surface area contributed by atoms with Gasteiger partial charge < -0.3 is 25.0 Å². The van der Waals surface area contributed by atoms with E-state index in [0.29, 0.717) is 46.3 Å². The standard InChI is InChI=1S/C24H24Cl2N6O3/c1-30-14-32(21-18(25)3-2-4-19(21)26)23(34)17-12-27-24(29-22(17)30)28-16-5-6-20(15(11-16)13-33)31-7-9-35-10-8-31/h2-6,11-12,33H,7-10,13-14H2,1H3,(H,27,28,29). The summed E-state index contributed by atoms with van der Waals surface area (Å²) in [6.45, 7) is 3.04. The lowest BCUT2D eigenvalue weighted by Gasteiger charge is -2.35. The van der Waals surface area contributed by atoms with E-state index in [9.17, 15) is 9.90 Å². The summed E-state index contributed by atoms with van der Waals surface area (Å²) in [7, 11) is 1.83. The summed E-state index contributed by atoms with van der Waals surface area (Å²) in [6, 6.07) is 10.9. The highest BCUT2D eigenvalue weighted by molar-refractivity contribution is 6.40. The van der Waals surface area contributed by atoms with Crippen molar-refractivity contribution in [2.24, 2.45) is 0 Å². The number of halogens is 2. The predicted molar refractivity (Wildman–Crippen MR) is 137 cm³/mol. The van der Waals surface area contributed by atoms with E-state index >= 15 is 0 Å². The second-order valence-electron chi connectivity index (χ2n) is 8.30.